The molecule has 0 aliphatic carbocycles. The second-order valence-corrected chi connectivity index (χ2v) is 6.88. The molecule has 3 heterocycles. The standard InChI is InChI=1S/C15H22N4OS/c1-11(2)18-6-14-4-5-16-19(14)8-15(7-18)20-9-13-10-21-12(3)17-13/h4-5,10-11,15H,6-9H2,1-3H3/t15-/m0/s1. The summed E-state index contributed by atoms with van der Waals surface area (Å²) in [6.45, 7) is 9.75. The van der Waals surface area contributed by atoms with Gasteiger partial charge in [0.1, 0.15) is 0 Å². The lowest BCUT2D eigenvalue weighted by molar-refractivity contribution is 0.00183. The molecule has 1 aliphatic rings. The number of hydrogen-bond donors (Lipinski definition) is 0. The molecule has 0 spiro atoms. The summed E-state index contributed by atoms with van der Waals surface area (Å²) < 4.78 is 8.18. The third-order valence-electron chi connectivity index (χ3n) is 3.85. The highest BCUT2D eigenvalue weighted by atomic mass is 32.1. The zero-order valence-electron chi connectivity index (χ0n) is 12.8. The van der Waals surface area contributed by atoms with Gasteiger partial charge in [-0.2, -0.15) is 5.10 Å². The van der Waals surface area contributed by atoms with E-state index in [1.807, 2.05) is 13.1 Å². The first-order valence-electron chi connectivity index (χ1n) is 7.39. The van der Waals surface area contributed by atoms with Gasteiger partial charge in [0.15, 0.2) is 0 Å². The van der Waals surface area contributed by atoms with Crippen molar-refractivity contribution in [3.8, 4) is 0 Å². The highest BCUT2D eigenvalue weighted by molar-refractivity contribution is 7.09. The van der Waals surface area contributed by atoms with Gasteiger partial charge in [0, 0.05) is 30.7 Å². The van der Waals surface area contributed by atoms with Crippen LogP contribution in [0.4, 0.5) is 0 Å². The summed E-state index contributed by atoms with van der Waals surface area (Å²) in [5.74, 6) is 0. The molecule has 0 aromatic carbocycles. The monoisotopic (exact) mass is 306 g/mol. The van der Waals surface area contributed by atoms with E-state index in [0.717, 1.165) is 30.3 Å². The average molecular weight is 306 g/mol. The van der Waals surface area contributed by atoms with Gasteiger partial charge >= 0.3 is 0 Å². The minimum Gasteiger partial charge on any atom is -0.369 e. The van der Waals surface area contributed by atoms with Gasteiger partial charge in [-0.25, -0.2) is 4.98 Å². The van der Waals surface area contributed by atoms with Crippen LogP contribution in [0.15, 0.2) is 17.6 Å². The van der Waals surface area contributed by atoms with Crippen LogP contribution in [-0.2, 0) is 24.4 Å². The Balaban J connectivity index is 1.69. The quantitative estimate of drug-likeness (QED) is 0.870. The molecular formula is C15H22N4OS. The van der Waals surface area contributed by atoms with Crippen LogP contribution < -0.4 is 0 Å². The minimum absolute atomic E-state index is 0.149. The van der Waals surface area contributed by atoms with Crippen LogP contribution in [0.5, 0.6) is 0 Å². The first-order chi connectivity index (χ1) is 10.1. The summed E-state index contributed by atoms with van der Waals surface area (Å²) in [5.41, 5.74) is 2.29. The Labute approximate surface area is 129 Å². The van der Waals surface area contributed by atoms with Crippen molar-refractivity contribution >= 4 is 11.3 Å². The third kappa shape index (κ3) is 3.51. The Morgan fingerprint density at radius 2 is 2.29 bits per heavy atom. The molecule has 114 valence electrons. The Hall–Kier alpha value is -1.24. The van der Waals surface area contributed by atoms with Crippen molar-refractivity contribution in [3.63, 3.8) is 0 Å². The third-order valence-corrected chi connectivity index (χ3v) is 4.67. The minimum atomic E-state index is 0.149. The van der Waals surface area contributed by atoms with E-state index >= 15 is 0 Å². The number of aromatic nitrogens is 3. The van der Waals surface area contributed by atoms with Gasteiger partial charge in [-0.1, -0.05) is 0 Å². The number of hydrogen-bond acceptors (Lipinski definition) is 5. The number of rotatable bonds is 4. The molecule has 1 atom stereocenters. The molecule has 3 rings (SSSR count). The summed E-state index contributed by atoms with van der Waals surface area (Å²) >= 11 is 1.67. The van der Waals surface area contributed by atoms with Crippen molar-refractivity contribution in [1.82, 2.24) is 19.7 Å². The van der Waals surface area contributed by atoms with Crippen molar-refractivity contribution in [2.24, 2.45) is 0 Å². The molecule has 2 aromatic rings. The van der Waals surface area contributed by atoms with Gasteiger partial charge in [0.25, 0.3) is 0 Å². The molecule has 21 heavy (non-hydrogen) atoms. The van der Waals surface area contributed by atoms with Crippen LogP contribution in [0.3, 0.4) is 0 Å². The zero-order valence-corrected chi connectivity index (χ0v) is 13.6. The van der Waals surface area contributed by atoms with Crippen LogP contribution in [0.25, 0.3) is 0 Å². The van der Waals surface area contributed by atoms with Gasteiger partial charge in [0.2, 0.25) is 0 Å². The van der Waals surface area contributed by atoms with Crippen molar-refractivity contribution in [2.75, 3.05) is 6.54 Å². The second-order valence-electron chi connectivity index (χ2n) is 5.82. The maximum Gasteiger partial charge on any atom is 0.0903 e. The SMILES string of the molecule is Cc1nc(CO[C@H]2CN(C(C)C)Cc3ccnn3C2)cs1. The van der Waals surface area contributed by atoms with E-state index in [4.69, 9.17) is 4.74 Å². The van der Waals surface area contributed by atoms with Crippen molar-refractivity contribution in [3.05, 3.63) is 34.0 Å². The lowest BCUT2D eigenvalue weighted by Gasteiger charge is -2.27. The Morgan fingerprint density at radius 3 is 3.00 bits per heavy atom. The van der Waals surface area contributed by atoms with Crippen molar-refractivity contribution in [1.29, 1.82) is 0 Å². The lowest BCUT2D eigenvalue weighted by atomic mass is 10.2. The molecule has 0 unspecified atom stereocenters. The number of fused-ring (bicyclic) bond motifs is 1. The summed E-state index contributed by atoms with van der Waals surface area (Å²) in [5, 5.41) is 7.58. The zero-order chi connectivity index (χ0) is 14.8. The van der Waals surface area contributed by atoms with E-state index in [0.29, 0.717) is 12.6 Å². The smallest absolute Gasteiger partial charge is 0.0903 e. The molecule has 5 nitrogen and oxygen atoms in total. The molecule has 0 fully saturated rings. The lowest BCUT2D eigenvalue weighted by Crippen LogP contribution is -2.37. The maximum absolute atomic E-state index is 6.11. The fourth-order valence-corrected chi connectivity index (χ4v) is 3.22. The predicted octanol–water partition coefficient (Wildman–Crippen LogP) is 2.46. The van der Waals surface area contributed by atoms with E-state index < -0.39 is 0 Å². The fraction of sp³-hybridized carbons (Fsp3) is 0.600. The average Bonchev–Trinajstić information content (AvgIpc) is 3.01. The highest BCUT2D eigenvalue weighted by Crippen LogP contribution is 2.17. The topological polar surface area (TPSA) is 43.2 Å². The van der Waals surface area contributed by atoms with Crippen LogP contribution in [0.1, 0.15) is 30.2 Å². The summed E-state index contributed by atoms with van der Waals surface area (Å²) in [6.07, 6.45) is 2.02. The summed E-state index contributed by atoms with van der Waals surface area (Å²) in [4.78, 5) is 6.91. The molecule has 0 N–H and O–H groups in total. The Morgan fingerprint density at radius 1 is 1.43 bits per heavy atom. The number of nitrogens with zero attached hydrogens (tertiary/aromatic N) is 4. The number of ether oxygens (including phenoxy) is 1. The fourth-order valence-electron chi connectivity index (χ4n) is 2.62. The molecule has 0 saturated heterocycles. The number of thiazole rings is 1. The van der Waals surface area contributed by atoms with E-state index in [1.165, 1.54) is 5.69 Å². The van der Waals surface area contributed by atoms with Crippen LogP contribution in [0, 0.1) is 6.92 Å². The van der Waals surface area contributed by atoms with Gasteiger partial charge in [-0.05, 0) is 26.8 Å². The van der Waals surface area contributed by atoms with Crippen molar-refractivity contribution < 1.29 is 4.74 Å². The molecule has 0 radical (unpaired) electrons. The number of aryl methyl sites for hydroxylation is 1. The summed E-state index contributed by atoms with van der Waals surface area (Å²) in [7, 11) is 0. The molecule has 1 aliphatic heterocycles. The molecular weight excluding hydrogens is 284 g/mol. The largest absolute Gasteiger partial charge is 0.369 e. The van der Waals surface area contributed by atoms with Crippen LogP contribution in [-0.4, -0.2) is 38.4 Å². The van der Waals surface area contributed by atoms with Crippen molar-refractivity contribution in [2.45, 2.75) is 52.6 Å². The first kappa shape index (κ1) is 14.7. The van der Waals surface area contributed by atoms with E-state index in [2.05, 4.69) is 45.0 Å². The maximum atomic E-state index is 6.11. The first-order valence-corrected chi connectivity index (χ1v) is 8.27. The van der Waals surface area contributed by atoms with E-state index in [1.54, 1.807) is 11.3 Å². The normalized spacial score (nSPS) is 19.7. The Kier molecular flexibility index (Phi) is 4.37. The van der Waals surface area contributed by atoms with Crippen LogP contribution in [0.2, 0.25) is 0 Å². The van der Waals surface area contributed by atoms with Gasteiger partial charge < -0.3 is 4.74 Å². The molecule has 6 heteroatoms. The van der Waals surface area contributed by atoms with Gasteiger partial charge in [0.05, 0.1) is 35.7 Å². The van der Waals surface area contributed by atoms with E-state index in [-0.39, 0.29) is 6.10 Å². The van der Waals surface area contributed by atoms with Gasteiger partial charge in [-0.15, -0.1) is 11.3 Å². The molecule has 0 bridgehead atoms. The van der Waals surface area contributed by atoms with E-state index in [9.17, 15) is 0 Å². The highest BCUT2D eigenvalue weighted by Gasteiger charge is 2.24. The summed E-state index contributed by atoms with van der Waals surface area (Å²) in [6, 6.07) is 2.60. The second kappa shape index (κ2) is 6.25. The molecule has 0 saturated carbocycles. The predicted molar refractivity (Wildman–Crippen MR) is 83.2 cm³/mol. The molecule has 2 aromatic heterocycles. The van der Waals surface area contributed by atoms with Crippen LogP contribution >= 0.6 is 11.3 Å². The Bertz CT molecular complexity index is 592. The molecule has 0 amide bonds. The van der Waals surface area contributed by atoms with Gasteiger partial charge in [-0.3, -0.25) is 9.58 Å².